The predicted octanol–water partition coefficient (Wildman–Crippen LogP) is 1.55. The maximum Gasteiger partial charge on any atom is 0.211 e. The van der Waals surface area contributed by atoms with Crippen molar-refractivity contribution in [1.82, 2.24) is 4.31 Å². The SMILES string of the molecule is CS(=O)(=O)N1CCCC(CN(CCCO)c2ccccc2)C1. The van der Waals surface area contributed by atoms with Gasteiger partial charge in [0.2, 0.25) is 10.0 Å². The second kappa shape index (κ2) is 7.94. The molecule has 0 radical (unpaired) electrons. The van der Waals surface area contributed by atoms with E-state index in [9.17, 15) is 8.42 Å². The summed E-state index contributed by atoms with van der Waals surface area (Å²) in [6.07, 6.45) is 3.97. The van der Waals surface area contributed by atoms with Crippen LogP contribution in [-0.2, 0) is 10.0 Å². The van der Waals surface area contributed by atoms with E-state index >= 15 is 0 Å². The number of para-hydroxylation sites is 1. The van der Waals surface area contributed by atoms with Crippen LogP contribution in [0.5, 0.6) is 0 Å². The summed E-state index contributed by atoms with van der Waals surface area (Å²) in [5.74, 6) is 0.336. The average Bonchev–Trinajstić information content (AvgIpc) is 2.52. The van der Waals surface area contributed by atoms with Crippen molar-refractivity contribution in [2.75, 3.05) is 43.9 Å². The van der Waals surface area contributed by atoms with E-state index in [1.807, 2.05) is 18.2 Å². The predicted molar refractivity (Wildman–Crippen MR) is 89.5 cm³/mol. The van der Waals surface area contributed by atoms with Crippen molar-refractivity contribution < 1.29 is 13.5 Å². The zero-order valence-corrected chi connectivity index (χ0v) is 14.0. The molecule has 0 aromatic heterocycles. The van der Waals surface area contributed by atoms with Crippen LogP contribution >= 0.6 is 0 Å². The number of benzene rings is 1. The Morgan fingerprint density at radius 2 is 2.05 bits per heavy atom. The molecule has 1 aromatic carbocycles. The topological polar surface area (TPSA) is 60.9 Å². The third kappa shape index (κ3) is 4.97. The number of aliphatic hydroxyl groups excluding tert-OH is 1. The van der Waals surface area contributed by atoms with E-state index in [0.29, 0.717) is 19.0 Å². The molecule has 1 unspecified atom stereocenters. The lowest BCUT2D eigenvalue weighted by atomic mass is 9.98. The number of rotatable bonds is 7. The Kier molecular flexibility index (Phi) is 6.23. The van der Waals surface area contributed by atoms with Crippen LogP contribution in [0.4, 0.5) is 5.69 Å². The van der Waals surface area contributed by atoms with Crippen molar-refractivity contribution >= 4 is 15.7 Å². The minimum atomic E-state index is -3.10. The van der Waals surface area contributed by atoms with Gasteiger partial charge in [-0.25, -0.2) is 12.7 Å². The summed E-state index contributed by atoms with van der Waals surface area (Å²) in [5.41, 5.74) is 1.13. The minimum Gasteiger partial charge on any atom is -0.396 e. The fourth-order valence-electron chi connectivity index (χ4n) is 3.01. The zero-order valence-electron chi connectivity index (χ0n) is 13.2. The van der Waals surface area contributed by atoms with Gasteiger partial charge in [0, 0.05) is 38.5 Å². The van der Waals surface area contributed by atoms with Crippen LogP contribution in [-0.4, -0.2) is 56.9 Å². The molecule has 5 nitrogen and oxygen atoms in total. The molecule has 1 heterocycles. The Bertz CT molecular complexity index is 548. The molecule has 124 valence electrons. The van der Waals surface area contributed by atoms with Crippen molar-refractivity contribution in [3.8, 4) is 0 Å². The molecule has 1 aromatic rings. The molecule has 6 heteroatoms. The van der Waals surface area contributed by atoms with Crippen LogP contribution in [0.25, 0.3) is 0 Å². The number of hydrogen-bond donors (Lipinski definition) is 1. The first kappa shape index (κ1) is 17.2. The van der Waals surface area contributed by atoms with Crippen LogP contribution in [0, 0.1) is 5.92 Å². The minimum absolute atomic E-state index is 0.170. The Morgan fingerprint density at radius 3 is 2.68 bits per heavy atom. The van der Waals surface area contributed by atoms with E-state index in [1.54, 1.807) is 4.31 Å². The number of sulfonamides is 1. The first-order valence-electron chi connectivity index (χ1n) is 7.86. The number of piperidine rings is 1. The van der Waals surface area contributed by atoms with Crippen LogP contribution in [0.1, 0.15) is 19.3 Å². The van der Waals surface area contributed by atoms with E-state index in [0.717, 1.165) is 38.0 Å². The standard InChI is InChI=1S/C16H26N2O3S/c1-22(20,21)18-11-5-7-15(14-18)13-17(10-6-12-19)16-8-3-2-4-9-16/h2-4,8-9,15,19H,5-7,10-14H2,1H3. The second-order valence-corrected chi connectivity index (χ2v) is 7.97. The van der Waals surface area contributed by atoms with Gasteiger partial charge in [-0.1, -0.05) is 18.2 Å². The summed E-state index contributed by atoms with van der Waals surface area (Å²) in [5, 5.41) is 9.10. The molecule has 1 N–H and O–H groups in total. The molecule has 22 heavy (non-hydrogen) atoms. The molecule has 1 aliphatic rings. The van der Waals surface area contributed by atoms with E-state index in [2.05, 4.69) is 17.0 Å². The zero-order chi connectivity index (χ0) is 16.0. The number of anilines is 1. The third-order valence-corrected chi connectivity index (χ3v) is 5.41. The lowest BCUT2D eigenvalue weighted by molar-refractivity contribution is 0.264. The van der Waals surface area contributed by atoms with Gasteiger partial charge >= 0.3 is 0 Å². The van der Waals surface area contributed by atoms with Crippen molar-refractivity contribution in [2.45, 2.75) is 19.3 Å². The molecule has 1 aliphatic heterocycles. The molecule has 0 aliphatic carbocycles. The normalized spacial score (nSPS) is 20.0. The Hall–Kier alpha value is -1.11. The highest BCUT2D eigenvalue weighted by Crippen LogP contribution is 2.23. The van der Waals surface area contributed by atoms with Crippen molar-refractivity contribution in [1.29, 1.82) is 0 Å². The van der Waals surface area contributed by atoms with Gasteiger partial charge in [0.15, 0.2) is 0 Å². The fourth-order valence-corrected chi connectivity index (χ4v) is 3.96. The highest BCUT2D eigenvalue weighted by Gasteiger charge is 2.27. The van der Waals surface area contributed by atoms with Gasteiger partial charge in [0.1, 0.15) is 0 Å². The summed E-state index contributed by atoms with van der Waals surface area (Å²) in [6, 6.07) is 10.1. The van der Waals surface area contributed by atoms with Gasteiger partial charge in [0.05, 0.1) is 6.26 Å². The lowest BCUT2D eigenvalue weighted by Crippen LogP contribution is -2.43. The first-order chi connectivity index (χ1) is 10.5. The van der Waals surface area contributed by atoms with Gasteiger partial charge in [-0.05, 0) is 37.3 Å². The smallest absolute Gasteiger partial charge is 0.211 e. The Balaban J connectivity index is 2.03. The quantitative estimate of drug-likeness (QED) is 0.826. The first-order valence-corrected chi connectivity index (χ1v) is 9.71. The molecule has 1 fully saturated rings. The number of nitrogens with zero attached hydrogens (tertiary/aromatic N) is 2. The van der Waals surface area contributed by atoms with E-state index < -0.39 is 10.0 Å². The largest absolute Gasteiger partial charge is 0.396 e. The molecule has 0 spiro atoms. The van der Waals surface area contributed by atoms with E-state index in [4.69, 9.17) is 5.11 Å². The lowest BCUT2D eigenvalue weighted by Gasteiger charge is -2.35. The molecule has 2 rings (SSSR count). The third-order valence-electron chi connectivity index (χ3n) is 4.14. The number of hydrogen-bond acceptors (Lipinski definition) is 4. The molecule has 1 atom stereocenters. The van der Waals surface area contributed by atoms with Crippen molar-refractivity contribution in [3.05, 3.63) is 30.3 Å². The van der Waals surface area contributed by atoms with Crippen LogP contribution in [0.15, 0.2) is 30.3 Å². The molecular weight excluding hydrogens is 300 g/mol. The van der Waals surface area contributed by atoms with Crippen molar-refractivity contribution in [3.63, 3.8) is 0 Å². The summed E-state index contributed by atoms with van der Waals surface area (Å²) >= 11 is 0. The summed E-state index contributed by atoms with van der Waals surface area (Å²) in [7, 11) is -3.10. The van der Waals surface area contributed by atoms with Gasteiger partial charge in [-0.3, -0.25) is 0 Å². The molecule has 0 amide bonds. The fraction of sp³-hybridized carbons (Fsp3) is 0.625. The number of aliphatic hydroxyl groups is 1. The maximum atomic E-state index is 11.7. The van der Waals surface area contributed by atoms with Gasteiger partial charge < -0.3 is 10.0 Å². The highest BCUT2D eigenvalue weighted by molar-refractivity contribution is 7.88. The van der Waals surface area contributed by atoms with Crippen molar-refractivity contribution in [2.24, 2.45) is 5.92 Å². The summed E-state index contributed by atoms with van der Waals surface area (Å²) in [4.78, 5) is 2.26. The Labute approximate surface area is 133 Å². The van der Waals surface area contributed by atoms with Gasteiger partial charge in [-0.2, -0.15) is 0 Å². The van der Waals surface area contributed by atoms with Crippen LogP contribution in [0.3, 0.4) is 0 Å². The van der Waals surface area contributed by atoms with Gasteiger partial charge in [0.25, 0.3) is 0 Å². The van der Waals surface area contributed by atoms with E-state index in [1.165, 1.54) is 6.26 Å². The maximum absolute atomic E-state index is 11.7. The van der Waals surface area contributed by atoms with Crippen LogP contribution in [0.2, 0.25) is 0 Å². The molecular formula is C16H26N2O3S. The Morgan fingerprint density at radius 1 is 1.32 bits per heavy atom. The molecule has 0 bridgehead atoms. The molecule has 0 saturated carbocycles. The second-order valence-electron chi connectivity index (χ2n) is 5.99. The van der Waals surface area contributed by atoms with E-state index in [-0.39, 0.29) is 6.61 Å². The van der Waals surface area contributed by atoms with Gasteiger partial charge in [-0.15, -0.1) is 0 Å². The molecule has 1 saturated heterocycles. The summed E-state index contributed by atoms with van der Waals surface area (Å²) in [6.45, 7) is 3.02. The monoisotopic (exact) mass is 326 g/mol. The van der Waals surface area contributed by atoms with Crippen LogP contribution < -0.4 is 4.90 Å². The average molecular weight is 326 g/mol. The summed E-state index contributed by atoms with van der Waals surface area (Å²) < 4.78 is 25.1. The highest BCUT2D eigenvalue weighted by atomic mass is 32.2.